The number of nitrogens with one attached hydrogen (secondary N) is 3. The molecule has 1 aliphatic heterocycles. The van der Waals surface area contributed by atoms with Crippen LogP contribution in [0.2, 0.25) is 0 Å². The molecule has 1 aliphatic rings. The van der Waals surface area contributed by atoms with E-state index >= 15 is 0 Å². The fourth-order valence-corrected chi connectivity index (χ4v) is 0.239. The molecule has 0 amide bonds. The van der Waals surface area contributed by atoms with E-state index in [0.717, 1.165) is 0 Å². The Labute approximate surface area is 36.4 Å². The Morgan fingerprint density at radius 2 is 2.33 bits per heavy atom. The summed E-state index contributed by atoms with van der Waals surface area (Å²) in [5.74, 6) is 0. The van der Waals surface area contributed by atoms with Gasteiger partial charge in [-0.2, -0.15) is 0 Å². The van der Waals surface area contributed by atoms with Crippen LogP contribution in [0, 0.1) is 6.67 Å². The number of hydrazine groups is 1. The second-order valence-electron chi connectivity index (χ2n) is 0.872. The molecule has 0 atom stereocenters. The van der Waals surface area contributed by atoms with Gasteiger partial charge < -0.3 is 10.7 Å². The van der Waals surface area contributed by atoms with E-state index < -0.39 is 0 Å². The van der Waals surface area contributed by atoms with E-state index in [1.54, 1.807) is 12.4 Å². The maximum atomic E-state index is 2.68. The SMILES string of the molecule is [C]1NC=CNN1. The van der Waals surface area contributed by atoms with Crippen molar-refractivity contribution in [3.05, 3.63) is 19.1 Å². The molecule has 2 radical (unpaired) electrons. The van der Waals surface area contributed by atoms with Crippen LogP contribution < -0.4 is 16.2 Å². The highest BCUT2D eigenvalue weighted by Gasteiger charge is 1.82. The minimum absolute atomic E-state index is 1.73. The summed E-state index contributed by atoms with van der Waals surface area (Å²) in [6.07, 6.45) is 3.47. The van der Waals surface area contributed by atoms with E-state index in [0.29, 0.717) is 0 Å². The topological polar surface area (TPSA) is 36.1 Å². The zero-order chi connectivity index (χ0) is 4.24. The van der Waals surface area contributed by atoms with Crippen molar-refractivity contribution in [3.63, 3.8) is 0 Å². The second kappa shape index (κ2) is 1.67. The lowest BCUT2D eigenvalue weighted by Gasteiger charge is -2.05. The van der Waals surface area contributed by atoms with Crippen LogP contribution in [0.15, 0.2) is 12.4 Å². The average Bonchev–Trinajstić information content (AvgIpc) is 1.72. The van der Waals surface area contributed by atoms with Crippen molar-refractivity contribution < 1.29 is 0 Å². The predicted octanol–water partition coefficient (Wildman–Crippen LogP) is -0.849. The molecule has 6 heavy (non-hydrogen) atoms. The molecule has 0 unspecified atom stereocenters. The van der Waals surface area contributed by atoms with Gasteiger partial charge in [-0.15, -0.1) is 0 Å². The Kier molecular flexibility index (Phi) is 0.969. The van der Waals surface area contributed by atoms with Crippen LogP contribution in [0.5, 0.6) is 0 Å². The molecule has 1 heterocycles. The lowest BCUT2D eigenvalue weighted by molar-refractivity contribution is 0.645. The minimum Gasteiger partial charge on any atom is -0.364 e. The molecule has 0 aliphatic carbocycles. The molecule has 32 valence electrons. The van der Waals surface area contributed by atoms with Gasteiger partial charge in [-0.3, -0.25) is 0 Å². The smallest absolute Gasteiger partial charge is 0.190 e. The lowest BCUT2D eigenvalue weighted by atomic mass is 10.8. The predicted molar refractivity (Wildman–Crippen MR) is 21.8 cm³/mol. The van der Waals surface area contributed by atoms with Crippen LogP contribution >= 0.6 is 0 Å². The van der Waals surface area contributed by atoms with Gasteiger partial charge in [-0.1, -0.05) is 0 Å². The maximum Gasteiger partial charge on any atom is 0.190 e. The van der Waals surface area contributed by atoms with E-state index in [2.05, 4.69) is 22.8 Å². The van der Waals surface area contributed by atoms with E-state index in [9.17, 15) is 0 Å². The van der Waals surface area contributed by atoms with Crippen molar-refractivity contribution in [2.45, 2.75) is 0 Å². The highest BCUT2D eigenvalue weighted by molar-refractivity contribution is 4.83. The van der Waals surface area contributed by atoms with Gasteiger partial charge in [-0.25, -0.2) is 5.43 Å². The van der Waals surface area contributed by atoms with Crippen LogP contribution in [0.3, 0.4) is 0 Å². The second-order valence-corrected chi connectivity index (χ2v) is 0.872. The summed E-state index contributed by atoms with van der Waals surface area (Å²) in [5.41, 5.74) is 5.27. The van der Waals surface area contributed by atoms with Crippen molar-refractivity contribution in [2.24, 2.45) is 0 Å². The van der Waals surface area contributed by atoms with E-state index in [-0.39, 0.29) is 0 Å². The molecule has 0 bridgehead atoms. The molecule has 0 aromatic carbocycles. The molecular weight excluding hydrogens is 78.1 g/mol. The van der Waals surface area contributed by atoms with Gasteiger partial charge >= 0.3 is 0 Å². The molecule has 0 aromatic rings. The first kappa shape index (κ1) is 3.49. The van der Waals surface area contributed by atoms with Crippen molar-refractivity contribution >= 4 is 0 Å². The summed E-state index contributed by atoms with van der Waals surface area (Å²) >= 11 is 0. The quantitative estimate of drug-likeness (QED) is 0.357. The van der Waals surface area contributed by atoms with Gasteiger partial charge in [0.15, 0.2) is 6.67 Å². The monoisotopic (exact) mass is 83.0 g/mol. The van der Waals surface area contributed by atoms with Crippen LogP contribution in [-0.4, -0.2) is 0 Å². The summed E-state index contributed by atoms with van der Waals surface area (Å²) in [5, 5.41) is 2.68. The molecule has 1 rings (SSSR count). The highest BCUT2D eigenvalue weighted by atomic mass is 15.4. The van der Waals surface area contributed by atoms with Crippen LogP contribution in [0.1, 0.15) is 0 Å². The third-order valence-electron chi connectivity index (χ3n) is 0.457. The maximum absolute atomic E-state index is 2.68. The van der Waals surface area contributed by atoms with Crippen molar-refractivity contribution in [1.29, 1.82) is 0 Å². The van der Waals surface area contributed by atoms with Crippen LogP contribution in [-0.2, 0) is 0 Å². The molecule has 3 heteroatoms. The molecular formula is C3H5N3. The summed E-state index contributed by atoms with van der Waals surface area (Å²) in [4.78, 5) is 0. The van der Waals surface area contributed by atoms with Crippen molar-refractivity contribution in [2.75, 3.05) is 0 Å². The lowest BCUT2D eigenvalue weighted by Crippen LogP contribution is -2.33. The Bertz CT molecular complexity index is 51.1. The minimum atomic E-state index is 1.73. The first-order valence-corrected chi connectivity index (χ1v) is 1.66. The Balaban J connectivity index is 2.26. The Hall–Kier alpha value is -0.700. The average molecular weight is 83.1 g/mol. The highest BCUT2D eigenvalue weighted by Crippen LogP contribution is 1.66. The van der Waals surface area contributed by atoms with E-state index in [4.69, 9.17) is 0 Å². The van der Waals surface area contributed by atoms with Gasteiger partial charge in [0.2, 0.25) is 0 Å². The van der Waals surface area contributed by atoms with Gasteiger partial charge in [0.05, 0.1) is 0 Å². The Morgan fingerprint density at radius 3 is 2.50 bits per heavy atom. The van der Waals surface area contributed by atoms with E-state index in [1.165, 1.54) is 0 Å². The van der Waals surface area contributed by atoms with Gasteiger partial charge in [-0.05, 0) is 0 Å². The van der Waals surface area contributed by atoms with Crippen LogP contribution in [0.4, 0.5) is 0 Å². The summed E-state index contributed by atoms with van der Waals surface area (Å²) in [6, 6.07) is 0. The van der Waals surface area contributed by atoms with E-state index in [1.807, 2.05) is 0 Å². The normalized spacial score (nSPS) is 18.7. The molecule has 0 saturated carbocycles. The van der Waals surface area contributed by atoms with Crippen LogP contribution in [0.25, 0.3) is 0 Å². The van der Waals surface area contributed by atoms with Gasteiger partial charge in [0, 0.05) is 12.4 Å². The summed E-state index contributed by atoms with van der Waals surface area (Å²) in [7, 11) is 0. The molecule has 0 saturated heterocycles. The van der Waals surface area contributed by atoms with Gasteiger partial charge in [0.25, 0.3) is 0 Å². The van der Waals surface area contributed by atoms with Gasteiger partial charge in [0.1, 0.15) is 0 Å². The molecule has 0 aromatic heterocycles. The van der Waals surface area contributed by atoms with Crippen molar-refractivity contribution in [1.82, 2.24) is 16.2 Å². The van der Waals surface area contributed by atoms with Crippen molar-refractivity contribution in [3.8, 4) is 0 Å². The fourth-order valence-electron chi connectivity index (χ4n) is 0.239. The molecule has 0 fully saturated rings. The third-order valence-corrected chi connectivity index (χ3v) is 0.457. The molecule has 0 spiro atoms. The molecule has 3 N–H and O–H groups in total. The number of hydrogen-bond acceptors (Lipinski definition) is 3. The zero-order valence-corrected chi connectivity index (χ0v) is 3.15. The largest absolute Gasteiger partial charge is 0.364 e. The summed E-state index contributed by atoms with van der Waals surface area (Å²) < 4.78 is 0. The first-order chi connectivity index (χ1) is 3.00. The molecule has 3 nitrogen and oxygen atoms in total. The standard InChI is InChI=1S/C3H5N3/c1-2-5-6-3-4-1/h1-2,4-6H. The number of hydrogen-bond donors (Lipinski definition) is 3. The Morgan fingerprint density at radius 1 is 1.33 bits per heavy atom. The zero-order valence-electron chi connectivity index (χ0n) is 3.15. The third kappa shape index (κ3) is 0.621. The number of rotatable bonds is 0. The first-order valence-electron chi connectivity index (χ1n) is 1.66. The fraction of sp³-hybridized carbons (Fsp3) is 0. The summed E-state index contributed by atoms with van der Waals surface area (Å²) in [6.45, 7) is 2.59.